The summed E-state index contributed by atoms with van der Waals surface area (Å²) < 4.78 is 1.75. The van der Waals surface area contributed by atoms with Crippen molar-refractivity contribution in [1.29, 1.82) is 0 Å². The van der Waals surface area contributed by atoms with Gasteiger partial charge in [-0.25, -0.2) is 0 Å². The summed E-state index contributed by atoms with van der Waals surface area (Å²) in [5.74, 6) is -0.140. The first-order valence-electron chi connectivity index (χ1n) is 4.72. The number of aliphatic hydroxyl groups is 1. The third-order valence-corrected chi connectivity index (χ3v) is 2.22. The smallest absolute Gasteiger partial charge is 0.268 e. The minimum Gasteiger partial charge on any atom is -0.394 e. The van der Waals surface area contributed by atoms with Gasteiger partial charge in [0.15, 0.2) is 0 Å². The average Bonchev–Trinajstić information content (AvgIpc) is 2.60. The number of aromatic nitrogens is 1. The van der Waals surface area contributed by atoms with Crippen LogP contribution >= 0.6 is 0 Å². The summed E-state index contributed by atoms with van der Waals surface area (Å²) in [6.07, 6.45) is 2.54. The molecule has 0 saturated heterocycles. The van der Waals surface area contributed by atoms with Crippen LogP contribution in [0.1, 0.15) is 23.8 Å². The van der Waals surface area contributed by atoms with Crippen molar-refractivity contribution >= 4 is 5.91 Å². The van der Waals surface area contributed by atoms with Gasteiger partial charge in [-0.3, -0.25) is 4.79 Å². The molecule has 78 valence electrons. The number of rotatable bonds is 4. The molecule has 1 heterocycles. The Morgan fingerprint density at radius 1 is 1.71 bits per heavy atom. The quantitative estimate of drug-likeness (QED) is 0.738. The van der Waals surface area contributed by atoms with E-state index in [1.165, 1.54) is 0 Å². The third-order valence-electron chi connectivity index (χ3n) is 2.22. The summed E-state index contributed by atoms with van der Waals surface area (Å²) in [7, 11) is 1.81. The van der Waals surface area contributed by atoms with Crippen LogP contribution in [-0.2, 0) is 7.05 Å². The second kappa shape index (κ2) is 4.81. The number of aryl methyl sites for hydroxylation is 1. The highest BCUT2D eigenvalue weighted by atomic mass is 16.3. The molecule has 1 aromatic rings. The topological polar surface area (TPSA) is 54.3 Å². The molecule has 4 heteroatoms. The second-order valence-corrected chi connectivity index (χ2v) is 3.27. The van der Waals surface area contributed by atoms with Gasteiger partial charge in [0.2, 0.25) is 0 Å². The maximum atomic E-state index is 11.6. The largest absolute Gasteiger partial charge is 0.394 e. The van der Waals surface area contributed by atoms with Crippen LogP contribution in [0.3, 0.4) is 0 Å². The number of aliphatic hydroxyl groups excluding tert-OH is 1. The molecule has 0 aliphatic heterocycles. The summed E-state index contributed by atoms with van der Waals surface area (Å²) >= 11 is 0. The van der Waals surface area contributed by atoms with Crippen molar-refractivity contribution in [3.8, 4) is 0 Å². The molecule has 1 amide bonds. The van der Waals surface area contributed by atoms with Crippen LogP contribution in [0.15, 0.2) is 18.3 Å². The van der Waals surface area contributed by atoms with Crippen molar-refractivity contribution in [2.24, 2.45) is 7.05 Å². The van der Waals surface area contributed by atoms with Gasteiger partial charge in [-0.05, 0) is 18.6 Å². The van der Waals surface area contributed by atoms with E-state index >= 15 is 0 Å². The molecule has 0 spiro atoms. The van der Waals surface area contributed by atoms with E-state index in [-0.39, 0.29) is 18.6 Å². The maximum Gasteiger partial charge on any atom is 0.268 e. The maximum absolute atomic E-state index is 11.6. The summed E-state index contributed by atoms with van der Waals surface area (Å²) in [5.41, 5.74) is 0.608. The van der Waals surface area contributed by atoms with Gasteiger partial charge < -0.3 is 15.0 Å². The fourth-order valence-electron chi connectivity index (χ4n) is 1.23. The molecule has 4 nitrogen and oxygen atoms in total. The van der Waals surface area contributed by atoms with E-state index in [0.29, 0.717) is 5.69 Å². The summed E-state index contributed by atoms with van der Waals surface area (Å²) in [4.78, 5) is 11.6. The molecule has 1 rings (SSSR count). The summed E-state index contributed by atoms with van der Waals surface area (Å²) in [5, 5.41) is 11.7. The third kappa shape index (κ3) is 2.35. The highest BCUT2D eigenvalue weighted by Crippen LogP contribution is 2.00. The van der Waals surface area contributed by atoms with Gasteiger partial charge in [-0.15, -0.1) is 0 Å². The average molecular weight is 196 g/mol. The van der Waals surface area contributed by atoms with Gasteiger partial charge in [-0.2, -0.15) is 0 Å². The van der Waals surface area contributed by atoms with Gasteiger partial charge in [0, 0.05) is 13.2 Å². The number of amides is 1. The molecule has 0 radical (unpaired) electrons. The normalized spacial score (nSPS) is 12.5. The number of nitrogens with zero attached hydrogens (tertiary/aromatic N) is 1. The van der Waals surface area contributed by atoms with Crippen LogP contribution in [0, 0.1) is 0 Å². The van der Waals surface area contributed by atoms with E-state index in [9.17, 15) is 4.79 Å². The van der Waals surface area contributed by atoms with Gasteiger partial charge in [-0.1, -0.05) is 6.92 Å². The van der Waals surface area contributed by atoms with E-state index in [2.05, 4.69) is 5.32 Å². The monoisotopic (exact) mass is 196 g/mol. The van der Waals surface area contributed by atoms with Crippen LogP contribution < -0.4 is 5.32 Å². The lowest BCUT2D eigenvalue weighted by molar-refractivity contribution is 0.0906. The van der Waals surface area contributed by atoms with Crippen molar-refractivity contribution in [3.05, 3.63) is 24.0 Å². The lowest BCUT2D eigenvalue weighted by Gasteiger charge is -2.13. The molecule has 0 aromatic carbocycles. The Hall–Kier alpha value is -1.29. The molecule has 0 aliphatic carbocycles. The second-order valence-electron chi connectivity index (χ2n) is 3.27. The van der Waals surface area contributed by atoms with Crippen LogP contribution in [0.25, 0.3) is 0 Å². The Labute approximate surface area is 83.5 Å². The van der Waals surface area contributed by atoms with Gasteiger partial charge in [0.25, 0.3) is 5.91 Å². The molecule has 0 aliphatic rings. The van der Waals surface area contributed by atoms with Crippen molar-refractivity contribution in [3.63, 3.8) is 0 Å². The van der Waals surface area contributed by atoms with Gasteiger partial charge >= 0.3 is 0 Å². The van der Waals surface area contributed by atoms with E-state index in [4.69, 9.17) is 5.11 Å². The number of hydrogen-bond donors (Lipinski definition) is 2. The Balaban J connectivity index is 2.63. The van der Waals surface area contributed by atoms with Crippen molar-refractivity contribution in [1.82, 2.24) is 9.88 Å². The van der Waals surface area contributed by atoms with E-state index < -0.39 is 0 Å². The van der Waals surface area contributed by atoms with Crippen LogP contribution in [0.2, 0.25) is 0 Å². The molecule has 1 atom stereocenters. The minimum absolute atomic E-state index is 0.0212. The zero-order chi connectivity index (χ0) is 10.6. The fraction of sp³-hybridized carbons (Fsp3) is 0.500. The Morgan fingerprint density at radius 2 is 2.43 bits per heavy atom. The Morgan fingerprint density at radius 3 is 2.86 bits per heavy atom. The van der Waals surface area contributed by atoms with Gasteiger partial charge in [0.1, 0.15) is 5.69 Å². The van der Waals surface area contributed by atoms with Gasteiger partial charge in [0.05, 0.1) is 12.6 Å². The number of carbonyl (C=O) groups is 1. The molecular formula is C10H16N2O2. The van der Waals surface area contributed by atoms with Crippen LogP contribution in [-0.4, -0.2) is 28.2 Å². The first kappa shape index (κ1) is 10.8. The Bertz CT molecular complexity index is 303. The van der Waals surface area contributed by atoms with Crippen LogP contribution in [0.4, 0.5) is 0 Å². The molecule has 2 N–H and O–H groups in total. The molecular weight excluding hydrogens is 180 g/mol. The lowest BCUT2D eigenvalue weighted by Crippen LogP contribution is -2.37. The number of hydrogen-bond acceptors (Lipinski definition) is 2. The highest BCUT2D eigenvalue weighted by Gasteiger charge is 2.12. The first-order chi connectivity index (χ1) is 6.69. The molecule has 1 aromatic heterocycles. The first-order valence-corrected chi connectivity index (χ1v) is 4.72. The fourth-order valence-corrected chi connectivity index (χ4v) is 1.23. The van der Waals surface area contributed by atoms with E-state index in [1.54, 1.807) is 10.6 Å². The van der Waals surface area contributed by atoms with E-state index in [1.807, 2.05) is 26.2 Å². The summed E-state index contributed by atoms with van der Waals surface area (Å²) in [6.45, 7) is 1.90. The standard InChI is InChI=1S/C10H16N2O2/c1-3-8(7-13)11-10(14)9-5-4-6-12(9)2/h4-6,8,13H,3,7H2,1-2H3,(H,11,14)/t8-/m0/s1. The lowest BCUT2D eigenvalue weighted by atomic mass is 10.2. The predicted molar refractivity (Wildman–Crippen MR) is 54.0 cm³/mol. The zero-order valence-corrected chi connectivity index (χ0v) is 8.53. The van der Waals surface area contributed by atoms with Crippen molar-refractivity contribution in [2.45, 2.75) is 19.4 Å². The molecule has 0 bridgehead atoms. The zero-order valence-electron chi connectivity index (χ0n) is 8.53. The molecule has 0 saturated carbocycles. The highest BCUT2D eigenvalue weighted by molar-refractivity contribution is 5.92. The van der Waals surface area contributed by atoms with E-state index in [0.717, 1.165) is 6.42 Å². The molecule has 0 fully saturated rings. The minimum atomic E-state index is -0.155. The molecule has 0 unspecified atom stereocenters. The number of carbonyl (C=O) groups excluding carboxylic acids is 1. The van der Waals surface area contributed by atoms with Crippen molar-refractivity contribution < 1.29 is 9.90 Å². The summed E-state index contributed by atoms with van der Waals surface area (Å²) in [6, 6.07) is 3.41. The predicted octanol–water partition coefficient (Wildman–Crippen LogP) is 0.526. The number of nitrogens with one attached hydrogen (secondary N) is 1. The van der Waals surface area contributed by atoms with Crippen LogP contribution in [0.5, 0.6) is 0 Å². The molecule has 14 heavy (non-hydrogen) atoms. The Kier molecular flexibility index (Phi) is 3.71. The SMILES string of the molecule is CC[C@@H](CO)NC(=O)c1cccn1C. The van der Waals surface area contributed by atoms with Crippen molar-refractivity contribution in [2.75, 3.05) is 6.61 Å².